The molecule has 0 unspecified atom stereocenters. The molecule has 0 saturated heterocycles. The van der Waals surface area contributed by atoms with Crippen molar-refractivity contribution in [2.45, 2.75) is 58.8 Å². The summed E-state index contributed by atoms with van der Waals surface area (Å²) in [6.45, 7) is 11.6. The van der Waals surface area contributed by atoms with Crippen LogP contribution in [0.25, 0.3) is 0 Å². The summed E-state index contributed by atoms with van der Waals surface area (Å²) in [4.78, 5) is 0. The van der Waals surface area contributed by atoms with Gasteiger partial charge in [0.2, 0.25) is 0 Å². The van der Waals surface area contributed by atoms with Crippen LogP contribution in [0.3, 0.4) is 0 Å². The lowest BCUT2D eigenvalue weighted by molar-refractivity contribution is 0.612. The van der Waals surface area contributed by atoms with Gasteiger partial charge in [0.15, 0.2) is 0 Å². The van der Waals surface area contributed by atoms with E-state index in [1.54, 1.807) is 0 Å². The second-order valence-corrected chi connectivity index (χ2v) is 11.4. The van der Waals surface area contributed by atoms with Crippen molar-refractivity contribution < 1.29 is 0 Å². The third-order valence-electron chi connectivity index (χ3n) is 1.64. The summed E-state index contributed by atoms with van der Waals surface area (Å²) in [5, 5.41) is 0. The fraction of sp³-hybridized carbons (Fsp3) is 1.00. The Morgan fingerprint density at radius 3 is 1.27 bits per heavy atom. The molecule has 1 aliphatic rings. The van der Waals surface area contributed by atoms with Gasteiger partial charge in [-0.2, -0.15) is 0 Å². The predicted octanol–water partition coefficient (Wildman–Crippen LogP) is 4.15. The Morgan fingerprint density at radius 1 is 0.909 bits per heavy atom. The quantitative estimate of drug-likeness (QED) is 0.482. The topological polar surface area (TPSA) is 0 Å². The summed E-state index contributed by atoms with van der Waals surface area (Å²) in [5.74, 6) is 1.05. The van der Waals surface area contributed by atoms with Crippen molar-refractivity contribution in [3.63, 3.8) is 0 Å². The molecule has 1 rings (SSSR count). The molecule has 0 amide bonds. The normalized spacial score (nSPS) is 19.4. The van der Waals surface area contributed by atoms with Crippen molar-refractivity contribution in [3.05, 3.63) is 0 Å². The van der Waals surface area contributed by atoms with E-state index in [2.05, 4.69) is 33.1 Å². The summed E-state index contributed by atoms with van der Waals surface area (Å²) >= 11 is 0. The zero-order valence-corrected chi connectivity index (χ0v) is 9.91. The van der Waals surface area contributed by atoms with Gasteiger partial charge in [-0.3, -0.25) is 0 Å². The number of rotatable bonds is 0. The van der Waals surface area contributed by atoms with Crippen molar-refractivity contribution in [2.75, 3.05) is 0 Å². The van der Waals surface area contributed by atoms with Crippen molar-refractivity contribution in [3.8, 4) is 0 Å². The lowest BCUT2D eigenvalue weighted by Crippen LogP contribution is -2.10. The Balaban J connectivity index is 0.000000187. The van der Waals surface area contributed by atoms with E-state index in [1.165, 1.54) is 25.7 Å². The van der Waals surface area contributed by atoms with Crippen LogP contribution < -0.4 is 0 Å². The fourth-order valence-electron chi connectivity index (χ4n) is 1.13. The lowest BCUT2D eigenvalue weighted by atomic mass is 10.2. The minimum atomic E-state index is -0.611. The molecule has 1 saturated carbocycles. The van der Waals surface area contributed by atoms with Crippen LogP contribution in [0.2, 0.25) is 26.2 Å². The lowest BCUT2D eigenvalue weighted by Gasteiger charge is -2.01. The molecule has 0 aromatic carbocycles. The molecule has 0 N–H and O–H groups in total. The SMILES string of the molecule is CC1CCCC1.C[Si](C)(C)C. The summed E-state index contributed by atoms with van der Waals surface area (Å²) in [7, 11) is -0.611. The van der Waals surface area contributed by atoms with Gasteiger partial charge in [0.05, 0.1) is 0 Å². The van der Waals surface area contributed by atoms with Crippen LogP contribution >= 0.6 is 0 Å². The molecule has 68 valence electrons. The van der Waals surface area contributed by atoms with Crippen LogP contribution in [0.1, 0.15) is 32.6 Å². The highest BCUT2D eigenvalue weighted by atomic mass is 28.3. The summed E-state index contributed by atoms with van der Waals surface area (Å²) in [6, 6.07) is 0. The number of hydrogen-bond acceptors (Lipinski definition) is 0. The van der Waals surface area contributed by atoms with E-state index < -0.39 is 8.07 Å². The van der Waals surface area contributed by atoms with Gasteiger partial charge in [0.25, 0.3) is 0 Å². The minimum Gasteiger partial charge on any atom is -0.0697 e. The average Bonchev–Trinajstić information content (AvgIpc) is 2.12. The number of hydrogen-bond donors (Lipinski definition) is 0. The van der Waals surface area contributed by atoms with E-state index in [9.17, 15) is 0 Å². The molecule has 0 radical (unpaired) electrons. The maximum absolute atomic E-state index is 2.34. The second kappa shape index (κ2) is 4.97. The molecular weight excluding hydrogens is 148 g/mol. The van der Waals surface area contributed by atoms with E-state index in [0.717, 1.165) is 5.92 Å². The summed E-state index contributed by atoms with van der Waals surface area (Å²) in [5.41, 5.74) is 0. The molecule has 1 fully saturated rings. The van der Waals surface area contributed by atoms with Gasteiger partial charge in [0, 0.05) is 8.07 Å². The van der Waals surface area contributed by atoms with Gasteiger partial charge < -0.3 is 0 Å². The summed E-state index contributed by atoms with van der Waals surface area (Å²) in [6.07, 6.45) is 5.95. The van der Waals surface area contributed by atoms with E-state index in [-0.39, 0.29) is 0 Å². The van der Waals surface area contributed by atoms with Crippen LogP contribution in [0.15, 0.2) is 0 Å². The van der Waals surface area contributed by atoms with Crippen LogP contribution in [-0.2, 0) is 0 Å². The molecule has 0 aliphatic heterocycles. The minimum absolute atomic E-state index is 0.611. The molecular formula is C10H24Si. The Kier molecular flexibility index (Phi) is 5.07. The molecule has 0 aromatic rings. The molecule has 11 heavy (non-hydrogen) atoms. The Hall–Kier alpha value is 0.217. The molecule has 1 heteroatoms. The summed E-state index contributed by atoms with van der Waals surface area (Å²) < 4.78 is 0. The Labute approximate surface area is 73.4 Å². The maximum Gasteiger partial charge on any atom is 0.0411 e. The molecule has 0 aromatic heterocycles. The van der Waals surface area contributed by atoms with Crippen molar-refractivity contribution in [1.29, 1.82) is 0 Å². The van der Waals surface area contributed by atoms with Gasteiger partial charge in [-0.25, -0.2) is 0 Å². The molecule has 0 spiro atoms. The van der Waals surface area contributed by atoms with Gasteiger partial charge in [0.1, 0.15) is 0 Å². The molecule has 0 nitrogen and oxygen atoms in total. The van der Waals surface area contributed by atoms with Crippen LogP contribution in [0.4, 0.5) is 0 Å². The van der Waals surface area contributed by atoms with Gasteiger partial charge in [-0.05, 0) is 5.92 Å². The highest BCUT2D eigenvalue weighted by molar-refractivity contribution is 6.74. The molecule has 0 bridgehead atoms. The molecule has 1 aliphatic carbocycles. The Bertz CT molecular complexity index is 79.5. The zero-order chi connectivity index (χ0) is 8.91. The maximum atomic E-state index is 2.34. The van der Waals surface area contributed by atoms with Crippen LogP contribution in [-0.4, -0.2) is 8.07 Å². The second-order valence-electron chi connectivity index (χ2n) is 5.39. The van der Waals surface area contributed by atoms with E-state index >= 15 is 0 Å². The van der Waals surface area contributed by atoms with E-state index in [4.69, 9.17) is 0 Å². The monoisotopic (exact) mass is 172 g/mol. The van der Waals surface area contributed by atoms with E-state index in [1.807, 2.05) is 0 Å². The van der Waals surface area contributed by atoms with Crippen LogP contribution in [0.5, 0.6) is 0 Å². The highest BCUT2D eigenvalue weighted by Crippen LogP contribution is 2.22. The smallest absolute Gasteiger partial charge is 0.0411 e. The van der Waals surface area contributed by atoms with Crippen molar-refractivity contribution in [1.82, 2.24) is 0 Å². The fourth-order valence-corrected chi connectivity index (χ4v) is 1.13. The predicted molar refractivity (Wildman–Crippen MR) is 56.8 cm³/mol. The van der Waals surface area contributed by atoms with Crippen molar-refractivity contribution in [2.24, 2.45) is 5.92 Å². The molecule has 0 heterocycles. The first-order valence-corrected chi connectivity index (χ1v) is 8.89. The highest BCUT2D eigenvalue weighted by Gasteiger charge is 2.07. The third kappa shape index (κ3) is 13.2. The first-order chi connectivity index (χ1) is 4.89. The standard InChI is InChI=1S/C6H12.C4H12Si/c1-6-4-2-3-5-6;1-5(2,3)4/h6H,2-5H2,1H3;1-4H3. The van der Waals surface area contributed by atoms with Crippen LogP contribution in [0, 0.1) is 5.92 Å². The van der Waals surface area contributed by atoms with Gasteiger partial charge in [-0.15, -0.1) is 0 Å². The van der Waals surface area contributed by atoms with Gasteiger partial charge >= 0.3 is 0 Å². The zero-order valence-electron chi connectivity index (χ0n) is 8.91. The first-order valence-electron chi connectivity index (χ1n) is 4.89. The van der Waals surface area contributed by atoms with E-state index in [0.29, 0.717) is 0 Å². The molecule has 0 atom stereocenters. The first kappa shape index (κ1) is 11.2. The Morgan fingerprint density at radius 2 is 1.18 bits per heavy atom. The third-order valence-corrected chi connectivity index (χ3v) is 1.64. The largest absolute Gasteiger partial charge is 0.0697 e. The average molecular weight is 172 g/mol. The van der Waals surface area contributed by atoms with Crippen molar-refractivity contribution >= 4 is 8.07 Å². The van der Waals surface area contributed by atoms with Gasteiger partial charge in [-0.1, -0.05) is 58.8 Å².